The van der Waals surface area contributed by atoms with Crippen molar-refractivity contribution in [3.63, 3.8) is 0 Å². The molecule has 0 fully saturated rings. The zero-order valence-corrected chi connectivity index (χ0v) is 5.94. The van der Waals surface area contributed by atoms with Gasteiger partial charge in [-0.15, -0.1) is 0 Å². The van der Waals surface area contributed by atoms with Gasteiger partial charge in [-0.1, -0.05) is 0 Å². The molecule has 0 aliphatic carbocycles. The number of hydrogen-bond acceptors (Lipinski definition) is 2. The molecule has 0 heterocycles. The summed E-state index contributed by atoms with van der Waals surface area (Å²) in [6.07, 6.45) is 0.406. The molecular weight excluding hydrogens is 180 g/mol. The van der Waals surface area contributed by atoms with E-state index < -0.39 is 0 Å². The Morgan fingerprint density at radius 2 is 2.29 bits per heavy atom. The molecular formula is C3H5Fe2O2. The number of rotatable bonds is 1. The molecule has 0 N–H and O–H groups in total. The van der Waals surface area contributed by atoms with Crippen LogP contribution in [0, 0.1) is 0 Å². The molecule has 4 heteroatoms. The Bertz CT molecular complexity index is 48.9. The molecule has 0 radical (unpaired) electrons. The van der Waals surface area contributed by atoms with Crippen molar-refractivity contribution in [3.05, 3.63) is 0 Å². The molecule has 2 nitrogen and oxygen atoms in total. The Kier molecular flexibility index (Phi) is 9.75. The SMILES string of the molecule is CCC(=O)[O][Fe].[Fe]. The summed E-state index contributed by atoms with van der Waals surface area (Å²) in [7, 11) is 0. The predicted octanol–water partition coefficient (Wildman–Crippen LogP) is 0.399. The van der Waals surface area contributed by atoms with Crippen molar-refractivity contribution >= 4 is 5.97 Å². The van der Waals surface area contributed by atoms with Gasteiger partial charge in [0.15, 0.2) is 0 Å². The average molecular weight is 185 g/mol. The zero-order valence-electron chi connectivity index (χ0n) is 3.73. The van der Waals surface area contributed by atoms with Crippen LogP contribution in [0.25, 0.3) is 0 Å². The van der Waals surface area contributed by atoms with Crippen molar-refractivity contribution in [2.45, 2.75) is 13.3 Å². The Labute approximate surface area is 61.6 Å². The van der Waals surface area contributed by atoms with E-state index in [0.29, 0.717) is 6.42 Å². The van der Waals surface area contributed by atoms with Crippen molar-refractivity contribution in [1.82, 2.24) is 0 Å². The standard InChI is InChI=1S/C3H6O2.2Fe/c1-2-3(4)5;;/h2H2,1H3,(H,4,5);;/q;;+1/p-1. The third-order valence-electron chi connectivity index (χ3n) is 0.369. The Hall–Kier alpha value is 0.509. The fourth-order valence-electron chi connectivity index (χ4n) is 0.0510. The molecule has 0 spiro atoms. The van der Waals surface area contributed by atoms with Gasteiger partial charge in [-0.25, -0.2) is 0 Å². The van der Waals surface area contributed by atoms with Crippen LogP contribution in [-0.4, -0.2) is 5.97 Å². The van der Waals surface area contributed by atoms with Crippen LogP contribution in [0.15, 0.2) is 0 Å². The van der Waals surface area contributed by atoms with Gasteiger partial charge in [0.1, 0.15) is 0 Å². The summed E-state index contributed by atoms with van der Waals surface area (Å²) >= 11 is 2.91. The summed E-state index contributed by atoms with van der Waals surface area (Å²) in [4.78, 5) is 9.90. The molecule has 0 aromatic rings. The van der Waals surface area contributed by atoms with Crippen LogP contribution in [-0.2, 0) is 42.0 Å². The zero-order chi connectivity index (χ0) is 4.99. The van der Waals surface area contributed by atoms with Gasteiger partial charge in [-0.3, -0.25) is 0 Å². The van der Waals surface area contributed by atoms with E-state index >= 15 is 0 Å². The van der Waals surface area contributed by atoms with Gasteiger partial charge >= 0.3 is 44.3 Å². The normalized spacial score (nSPS) is 6.57. The first-order chi connectivity index (χ1) is 2.81. The second-order valence-corrected chi connectivity index (χ2v) is 1.02. The third kappa shape index (κ3) is 6.51. The van der Waals surface area contributed by atoms with Crippen molar-refractivity contribution in [3.8, 4) is 0 Å². The summed E-state index contributed by atoms with van der Waals surface area (Å²) in [6.45, 7) is 1.72. The molecule has 0 atom stereocenters. The van der Waals surface area contributed by atoms with Crippen molar-refractivity contribution in [2.24, 2.45) is 0 Å². The number of carbonyl (C=O) groups is 1. The van der Waals surface area contributed by atoms with Crippen LogP contribution in [0.3, 0.4) is 0 Å². The summed E-state index contributed by atoms with van der Waals surface area (Å²) in [6, 6.07) is 0. The summed E-state index contributed by atoms with van der Waals surface area (Å²) in [5, 5.41) is 0. The van der Waals surface area contributed by atoms with Gasteiger partial charge < -0.3 is 0 Å². The second kappa shape index (κ2) is 6.51. The number of hydrogen-bond donors (Lipinski definition) is 0. The molecule has 0 aliphatic rings. The van der Waals surface area contributed by atoms with E-state index in [1.165, 1.54) is 0 Å². The maximum absolute atomic E-state index is 9.90. The van der Waals surface area contributed by atoms with Crippen LogP contribution in [0.5, 0.6) is 0 Å². The van der Waals surface area contributed by atoms with Gasteiger partial charge in [0.2, 0.25) is 0 Å². The van der Waals surface area contributed by atoms with Crippen molar-refractivity contribution in [2.75, 3.05) is 0 Å². The van der Waals surface area contributed by atoms with Gasteiger partial charge in [0, 0.05) is 17.1 Å². The molecule has 45 valence electrons. The van der Waals surface area contributed by atoms with E-state index in [4.69, 9.17) is 0 Å². The molecule has 7 heavy (non-hydrogen) atoms. The molecule has 0 rings (SSSR count). The molecule has 0 aliphatic heterocycles. The molecule has 0 bridgehead atoms. The van der Waals surface area contributed by atoms with E-state index in [9.17, 15) is 4.79 Å². The third-order valence-corrected chi connectivity index (χ3v) is 0.621. The van der Waals surface area contributed by atoms with Gasteiger partial charge in [0.05, 0.1) is 0 Å². The predicted molar refractivity (Wildman–Crippen MR) is 16.4 cm³/mol. The van der Waals surface area contributed by atoms with Crippen LogP contribution in [0.2, 0.25) is 0 Å². The van der Waals surface area contributed by atoms with Gasteiger partial charge in [-0.2, -0.15) is 0 Å². The molecule has 0 amide bonds. The summed E-state index contributed by atoms with van der Waals surface area (Å²) in [5.74, 6) is -0.269. The first kappa shape index (κ1) is 10.5. The van der Waals surface area contributed by atoms with E-state index in [2.05, 4.69) is 20.2 Å². The monoisotopic (exact) mass is 185 g/mol. The maximum Gasteiger partial charge on any atom is 0 e. The average Bonchev–Trinajstić information content (AvgIpc) is 1.65. The van der Waals surface area contributed by atoms with Crippen LogP contribution < -0.4 is 0 Å². The fraction of sp³-hybridized carbons (Fsp3) is 0.667. The molecule has 0 aromatic carbocycles. The molecule has 0 aromatic heterocycles. The van der Waals surface area contributed by atoms with Crippen LogP contribution in [0.1, 0.15) is 13.3 Å². The molecule has 0 unspecified atom stereocenters. The van der Waals surface area contributed by atoms with Crippen LogP contribution in [0.4, 0.5) is 0 Å². The fourth-order valence-corrected chi connectivity index (χ4v) is 0.210. The quantitative estimate of drug-likeness (QED) is 0.552. The Morgan fingerprint density at radius 1 is 1.86 bits per heavy atom. The van der Waals surface area contributed by atoms with E-state index in [0.717, 1.165) is 0 Å². The van der Waals surface area contributed by atoms with Gasteiger partial charge in [0.25, 0.3) is 0 Å². The smallest absolute Gasteiger partial charge is 0 e. The van der Waals surface area contributed by atoms with E-state index in [-0.39, 0.29) is 23.0 Å². The number of carbonyl (C=O) groups excluding carboxylic acids is 1. The minimum atomic E-state index is -0.269. The largest absolute Gasteiger partial charge is 0 e. The second-order valence-electron chi connectivity index (χ2n) is 0.798. The minimum Gasteiger partial charge on any atom is 0 e. The summed E-state index contributed by atoms with van der Waals surface area (Å²) in [5.41, 5.74) is 0. The minimum absolute atomic E-state index is 0. The van der Waals surface area contributed by atoms with E-state index in [1.54, 1.807) is 6.92 Å². The first-order valence-electron chi connectivity index (χ1n) is 1.61. The van der Waals surface area contributed by atoms with Gasteiger partial charge in [-0.05, 0) is 0 Å². The van der Waals surface area contributed by atoms with Crippen molar-refractivity contribution < 1.29 is 42.0 Å². The van der Waals surface area contributed by atoms with Crippen molar-refractivity contribution in [1.29, 1.82) is 0 Å². The summed E-state index contributed by atoms with van der Waals surface area (Å²) < 4.78 is 4.01. The Morgan fingerprint density at radius 3 is 2.29 bits per heavy atom. The first-order valence-corrected chi connectivity index (χ1v) is 2.06. The maximum atomic E-state index is 9.90. The van der Waals surface area contributed by atoms with E-state index in [1.807, 2.05) is 0 Å². The molecule has 0 saturated carbocycles. The topological polar surface area (TPSA) is 26.3 Å². The molecule has 0 saturated heterocycles. The Balaban J connectivity index is 0. The van der Waals surface area contributed by atoms with Crippen LogP contribution >= 0.6 is 0 Å².